The van der Waals surface area contributed by atoms with E-state index >= 15 is 0 Å². The molecule has 1 saturated heterocycles. The van der Waals surface area contributed by atoms with E-state index in [1.54, 1.807) is 4.90 Å². The Morgan fingerprint density at radius 1 is 0.800 bits per heavy atom. The molecule has 0 saturated carbocycles. The summed E-state index contributed by atoms with van der Waals surface area (Å²) in [6.07, 6.45) is 2.07. The van der Waals surface area contributed by atoms with E-state index < -0.39 is 29.2 Å². The highest BCUT2D eigenvalue weighted by Gasteiger charge is 2.77. The lowest BCUT2D eigenvalue weighted by Crippen LogP contribution is -2.57. The molecule has 7 rings (SSSR count). The molecule has 3 aromatic carbocycles. The fraction of sp³-hybridized carbons (Fsp3) is 0.273. The minimum atomic E-state index is -1.69. The normalized spacial score (nSPS) is 30.6. The van der Waals surface area contributed by atoms with Crippen molar-refractivity contribution in [3.63, 3.8) is 0 Å². The van der Waals surface area contributed by atoms with E-state index in [0.717, 1.165) is 47.2 Å². The first-order chi connectivity index (χ1) is 19.7. The molecule has 4 aliphatic rings. The summed E-state index contributed by atoms with van der Waals surface area (Å²) in [4.78, 5) is 21.7. The van der Waals surface area contributed by atoms with E-state index in [0.29, 0.717) is 12.3 Å². The third-order valence-electron chi connectivity index (χ3n) is 8.92. The molecule has 1 fully saturated rings. The van der Waals surface area contributed by atoms with Crippen LogP contribution in [0.25, 0.3) is 0 Å². The molecule has 0 radical (unpaired) electrons. The van der Waals surface area contributed by atoms with Crippen LogP contribution in [-0.2, 0) is 4.79 Å². The number of benzene rings is 3. The van der Waals surface area contributed by atoms with E-state index in [4.69, 9.17) is 4.99 Å². The molecule has 5 unspecified atom stereocenters. The summed E-state index contributed by atoms with van der Waals surface area (Å²) in [6, 6.07) is 33.7. The van der Waals surface area contributed by atoms with Crippen LogP contribution in [0.4, 0.5) is 0 Å². The van der Waals surface area contributed by atoms with Gasteiger partial charge in [0.25, 0.3) is 5.91 Å². The fourth-order valence-electron chi connectivity index (χ4n) is 7.13. The Kier molecular flexibility index (Phi) is 5.59. The second-order valence-corrected chi connectivity index (χ2v) is 10.9. The Morgan fingerprint density at radius 2 is 1.40 bits per heavy atom. The van der Waals surface area contributed by atoms with Crippen molar-refractivity contribution in [2.75, 3.05) is 0 Å². The third-order valence-corrected chi connectivity index (χ3v) is 8.92. The molecule has 7 heteroatoms. The monoisotopic (exact) mass is 524 g/mol. The molecule has 2 N–H and O–H groups in total. The van der Waals surface area contributed by atoms with Crippen molar-refractivity contribution in [2.24, 2.45) is 15.8 Å². The SMILES string of the molecule is N#CC12C(=O)N3C(=NC(c4ccccc4)NC3c3ccccc3)C1(C#N)C(c1ccccc1)NC1=C2CCCC1. The van der Waals surface area contributed by atoms with Gasteiger partial charge in [0.05, 0.1) is 18.2 Å². The van der Waals surface area contributed by atoms with Crippen LogP contribution in [-0.4, -0.2) is 16.6 Å². The maximum Gasteiger partial charge on any atom is 0.256 e. The van der Waals surface area contributed by atoms with Crippen molar-refractivity contribution in [3.05, 3.63) is 119 Å². The second-order valence-electron chi connectivity index (χ2n) is 10.9. The topological polar surface area (TPSA) is 104 Å². The molecule has 0 aromatic heterocycles. The number of nitrogens with zero attached hydrogens (tertiary/aromatic N) is 4. The lowest BCUT2D eigenvalue weighted by atomic mass is 9.54. The molecule has 0 bridgehead atoms. The highest BCUT2D eigenvalue weighted by atomic mass is 16.2. The summed E-state index contributed by atoms with van der Waals surface area (Å²) >= 11 is 0. The molecule has 3 aliphatic heterocycles. The van der Waals surface area contributed by atoms with Gasteiger partial charge in [0.1, 0.15) is 18.2 Å². The Morgan fingerprint density at radius 3 is 2.02 bits per heavy atom. The zero-order valence-corrected chi connectivity index (χ0v) is 21.9. The highest BCUT2D eigenvalue weighted by Crippen LogP contribution is 2.65. The summed E-state index contributed by atoms with van der Waals surface area (Å²) in [7, 11) is 0. The molecule has 7 nitrogen and oxygen atoms in total. The van der Waals surface area contributed by atoms with Crippen LogP contribution in [0.2, 0.25) is 0 Å². The summed E-state index contributed by atoms with van der Waals surface area (Å²) in [5.74, 6) is -0.0264. The molecule has 0 spiro atoms. The van der Waals surface area contributed by atoms with Gasteiger partial charge in [-0.3, -0.25) is 15.0 Å². The minimum absolute atomic E-state index is 0.349. The van der Waals surface area contributed by atoms with Gasteiger partial charge in [0, 0.05) is 5.70 Å². The zero-order valence-electron chi connectivity index (χ0n) is 21.9. The van der Waals surface area contributed by atoms with E-state index in [1.165, 1.54) is 0 Å². The van der Waals surface area contributed by atoms with Crippen LogP contribution in [0, 0.1) is 33.5 Å². The first-order valence-corrected chi connectivity index (χ1v) is 13.8. The number of carbonyl (C=O) groups excluding carboxylic acids is 1. The number of allylic oxidation sites excluding steroid dienone is 1. The number of hydrogen-bond donors (Lipinski definition) is 2. The van der Waals surface area contributed by atoms with Gasteiger partial charge < -0.3 is 5.32 Å². The molecular formula is C33H28N6O. The van der Waals surface area contributed by atoms with Gasteiger partial charge >= 0.3 is 0 Å². The lowest BCUT2D eigenvalue weighted by molar-refractivity contribution is -0.135. The summed E-state index contributed by atoms with van der Waals surface area (Å²) in [5, 5.41) is 29.7. The Bertz CT molecular complexity index is 1620. The van der Waals surface area contributed by atoms with Gasteiger partial charge in [-0.2, -0.15) is 10.5 Å². The van der Waals surface area contributed by atoms with Crippen LogP contribution in [0.1, 0.15) is 60.7 Å². The van der Waals surface area contributed by atoms with Crippen molar-refractivity contribution in [2.45, 2.75) is 44.1 Å². The fourth-order valence-corrected chi connectivity index (χ4v) is 7.13. The van der Waals surface area contributed by atoms with Gasteiger partial charge in [-0.05, 0) is 47.9 Å². The average Bonchev–Trinajstić information content (AvgIpc) is 3.27. The van der Waals surface area contributed by atoms with Gasteiger partial charge in [0.2, 0.25) is 0 Å². The lowest BCUT2D eigenvalue weighted by Gasteiger charge is -2.48. The Balaban J connectivity index is 1.55. The van der Waals surface area contributed by atoms with Crippen molar-refractivity contribution in [3.8, 4) is 12.1 Å². The van der Waals surface area contributed by atoms with E-state index in [2.05, 4.69) is 22.8 Å². The second kappa shape index (κ2) is 9.19. The van der Waals surface area contributed by atoms with Gasteiger partial charge in [-0.25, -0.2) is 4.99 Å². The number of nitrogens with one attached hydrogen (secondary N) is 2. The number of carbonyl (C=O) groups is 1. The quantitative estimate of drug-likeness (QED) is 0.476. The van der Waals surface area contributed by atoms with Crippen molar-refractivity contribution < 1.29 is 4.79 Å². The molecule has 3 heterocycles. The molecule has 5 atom stereocenters. The maximum atomic E-state index is 14.9. The van der Waals surface area contributed by atoms with E-state index in [-0.39, 0.29) is 5.91 Å². The number of amides is 1. The molecule has 1 aliphatic carbocycles. The number of fused-ring (bicyclic) bond motifs is 4. The zero-order chi connectivity index (χ0) is 27.3. The number of hydrogen-bond acceptors (Lipinski definition) is 6. The van der Waals surface area contributed by atoms with Crippen molar-refractivity contribution in [1.82, 2.24) is 15.5 Å². The summed E-state index contributed by atoms with van der Waals surface area (Å²) in [6.45, 7) is 0. The summed E-state index contributed by atoms with van der Waals surface area (Å²) < 4.78 is 0. The minimum Gasteiger partial charge on any atom is -0.379 e. The Labute approximate surface area is 233 Å². The molecule has 40 heavy (non-hydrogen) atoms. The molecule has 196 valence electrons. The highest BCUT2D eigenvalue weighted by molar-refractivity contribution is 6.18. The predicted octanol–water partition coefficient (Wildman–Crippen LogP) is 5.42. The number of rotatable bonds is 3. The van der Waals surface area contributed by atoms with Crippen LogP contribution >= 0.6 is 0 Å². The van der Waals surface area contributed by atoms with E-state index in [9.17, 15) is 15.3 Å². The third kappa shape index (κ3) is 3.13. The van der Waals surface area contributed by atoms with Gasteiger partial charge in [-0.15, -0.1) is 0 Å². The molecule has 3 aromatic rings. The van der Waals surface area contributed by atoms with E-state index in [1.807, 2.05) is 91.0 Å². The number of amidine groups is 1. The van der Waals surface area contributed by atoms with Crippen molar-refractivity contribution >= 4 is 11.7 Å². The first-order valence-electron chi connectivity index (χ1n) is 13.8. The standard InChI is InChI=1S/C33H28N6O/c34-20-32-25-18-10-11-19-26(25)36-27(22-12-4-1-5-13-22)33(32,21-35)30-38-28(23-14-6-2-7-15-23)37-29(39(30)31(32)40)24-16-8-3-9-17-24/h1-9,12-17,27-29,36-37H,10-11,18-19H2. The van der Waals surface area contributed by atoms with Crippen LogP contribution < -0.4 is 10.6 Å². The average molecular weight is 525 g/mol. The number of nitriles is 2. The van der Waals surface area contributed by atoms with Gasteiger partial charge in [-0.1, -0.05) is 91.0 Å². The largest absolute Gasteiger partial charge is 0.379 e. The van der Waals surface area contributed by atoms with Crippen LogP contribution in [0.5, 0.6) is 0 Å². The van der Waals surface area contributed by atoms with Crippen LogP contribution in [0.3, 0.4) is 0 Å². The number of aliphatic imine (C=N–C) groups is 1. The molecular weight excluding hydrogens is 496 g/mol. The first kappa shape index (κ1) is 24.3. The maximum absolute atomic E-state index is 14.9. The van der Waals surface area contributed by atoms with Crippen molar-refractivity contribution in [1.29, 1.82) is 10.5 Å². The smallest absolute Gasteiger partial charge is 0.256 e. The van der Waals surface area contributed by atoms with Gasteiger partial charge in [0.15, 0.2) is 10.8 Å². The molecule has 1 amide bonds. The predicted molar refractivity (Wildman–Crippen MR) is 150 cm³/mol. The Hall–Kier alpha value is -4.72. The summed E-state index contributed by atoms with van der Waals surface area (Å²) in [5.41, 5.74) is 1.05. The van der Waals surface area contributed by atoms with Crippen LogP contribution in [0.15, 0.2) is 107 Å².